The van der Waals surface area contributed by atoms with E-state index in [-0.39, 0.29) is 16.8 Å². The molecule has 0 amide bonds. The first kappa shape index (κ1) is 21.5. The maximum absolute atomic E-state index is 15.2. The Morgan fingerprint density at radius 1 is 1.12 bits per heavy atom. The highest BCUT2D eigenvalue weighted by Crippen LogP contribution is 2.40. The fourth-order valence-corrected chi connectivity index (χ4v) is 5.54. The van der Waals surface area contributed by atoms with Crippen molar-refractivity contribution in [3.8, 4) is 16.9 Å². The fourth-order valence-electron chi connectivity index (χ4n) is 4.62. The number of ether oxygens (including phenoxy) is 2. The molecule has 2 aromatic heterocycles. The Morgan fingerprint density at radius 2 is 1.88 bits per heavy atom. The highest BCUT2D eigenvalue weighted by Gasteiger charge is 2.29. The second-order valence-electron chi connectivity index (χ2n) is 8.82. The highest BCUT2D eigenvalue weighted by molar-refractivity contribution is 7.12. The Balaban J connectivity index is 1.32. The Bertz CT molecular complexity index is 1480. The summed E-state index contributed by atoms with van der Waals surface area (Å²) in [4.78, 5) is 28.2. The second-order valence-corrected chi connectivity index (χ2v) is 9.61. The van der Waals surface area contributed by atoms with Crippen LogP contribution >= 0.6 is 11.5 Å². The maximum Gasteiger partial charge on any atom is 0.271 e. The first-order chi connectivity index (χ1) is 16.6. The Kier molecular flexibility index (Phi) is 5.47. The topological polar surface area (TPSA) is 76.6 Å². The van der Waals surface area contributed by atoms with Crippen LogP contribution in [-0.4, -0.2) is 53.3 Å². The molecule has 4 aromatic rings. The van der Waals surface area contributed by atoms with Crippen LogP contribution in [-0.2, 0) is 4.74 Å². The van der Waals surface area contributed by atoms with E-state index < -0.39 is 16.8 Å². The van der Waals surface area contributed by atoms with E-state index in [1.165, 1.54) is 17.6 Å². The summed E-state index contributed by atoms with van der Waals surface area (Å²) in [6, 6.07) is 10.6. The van der Waals surface area contributed by atoms with Crippen LogP contribution in [0.25, 0.3) is 32.2 Å². The first-order valence-corrected chi connectivity index (χ1v) is 12.3. The van der Waals surface area contributed by atoms with E-state index in [1.807, 2.05) is 28.8 Å². The van der Waals surface area contributed by atoms with Gasteiger partial charge in [0.15, 0.2) is 0 Å². The largest absolute Gasteiger partial charge is 0.492 e. The second kappa shape index (κ2) is 8.65. The molecule has 7 nitrogen and oxygen atoms in total. The first-order valence-electron chi connectivity index (χ1n) is 11.5. The van der Waals surface area contributed by atoms with Crippen LogP contribution in [0.3, 0.4) is 0 Å². The third-order valence-corrected chi connectivity index (χ3v) is 7.46. The lowest BCUT2D eigenvalue weighted by atomic mass is 10.0. The van der Waals surface area contributed by atoms with Gasteiger partial charge < -0.3 is 14.0 Å². The van der Waals surface area contributed by atoms with Crippen molar-refractivity contribution in [2.75, 3.05) is 39.5 Å². The normalized spacial score (nSPS) is 17.0. The number of halogens is 1. The number of fused-ring (bicyclic) bond motifs is 2. The number of aromatic amines is 1. The van der Waals surface area contributed by atoms with Gasteiger partial charge in [0.25, 0.3) is 5.56 Å². The molecule has 0 spiro atoms. The number of morpholine rings is 1. The summed E-state index contributed by atoms with van der Waals surface area (Å²) in [5.41, 5.74) is 0.965. The van der Waals surface area contributed by atoms with Crippen molar-refractivity contribution in [2.24, 2.45) is 0 Å². The maximum atomic E-state index is 15.2. The minimum atomic E-state index is -0.487. The van der Waals surface area contributed by atoms with Gasteiger partial charge in [0.1, 0.15) is 28.4 Å². The van der Waals surface area contributed by atoms with Gasteiger partial charge in [-0.2, -0.15) is 0 Å². The van der Waals surface area contributed by atoms with Crippen molar-refractivity contribution in [3.63, 3.8) is 0 Å². The Hall–Kier alpha value is -3.01. The zero-order chi connectivity index (χ0) is 23.2. The number of H-pyrrole nitrogens is 1. The number of benzene rings is 2. The van der Waals surface area contributed by atoms with Crippen molar-refractivity contribution in [1.29, 1.82) is 0 Å². The fraction of sp³-hybridized carbons (Fsp3) is 0.360. The predicted molar refractivity (Wildman–Crippen MR) is 131 cm³/mol. The molecule has 0 bridgehead atoms. The van der Waals surface area contributed by atoms with E-state index >= 15 is 4.39 Å². The van der Waals surface area contributed by atoms with E-state index in [2.05, 4.69) is 9.27 Å². The summed E-state index contributed by atoms with van der Waals surface area (Å²) in [6.07, 6.45) is 1.95. The summed E-state index contributed by atoms with van der Waals surface area (Å²) in [5.74, 6) is 0.242. The molecule has 0 unspecified atom stereocenters. The molecular weight excluding hydrogens is 457 g/mol. The zero-order valence-corrected chi connectivity index (χ0v) is 19.3. The van der Waals surface area contributed by atoms with Crippen molar-refractivity contribution in [1.82, 2.24) is 13.8 Å². The van der Waals surface area contributed by atoms with Gasteiger partial charge in [-0.15, -0.1) is 0 Å². The van der Waals surface area contributed by atoms with E-state index in [9.17, 15) is 9.59 Å². The van der Waals surface area contributed by atoms with Crippen LogP contribution in [0.15, 0.2) is 46.0 Å². The smallest absolute Gasteiger partial charge is 0.271 e. The summed E-state index contributed by atoms with van der Waals surface area (Å²) in [7, 11) is 0. The molecule has 3 heterocycles. The van der Waals surface area contributed by atoms with E-state index in [0.29, 0.717) is 28.1 Å². The van der Waals surface area contributed by atoms with Crippen molar-refractivity contribution in [3.05, 3.63) is 62.8 Å². The van der Waals surface area contributed by atoms with E-state index in [4.69, 9.17) is 9.47 Å². The Labute approximate surface area is 198 Å². The van der Waals surface area contributed by atoms with Gasteiger partial charge in [0, 0.05) is 36.6 Å². The standard InChI is InChI=1S/C25H24FN3O4S/c26-20-13-19-21(29(16-3-4-16)25-22(23(19)30)24(31)27-34-25)14-18(20)15-1-5-17(6-2-15)33-12-9-28-7-10-32-11-8-28/h1-2,5-6,13-14,16H,3-4,7-12H2,(H,27,31). The summed E-state index contributed by atoms with van der Waals surface area (Å²) >= 11 is 1.17. The van der Waals surface area contributed by atoms with Crippen LogP contribution in [0, 0.1) is 5.82 Å². The number of hydrogen-bond acceptors (Lipinski definition) is 6. The van der Waals surface area contributed by atoms with Crippen molar-refractivity contribution >= 4 is 32.7 Å². The highest BCUT2D eigenvalue weighted by atomic mass is 32.1. The molecule has 1 saturated carbocycles. The molecule has 1 saturated heterocycles. The average Bonchev–Trinajstić information content (AvgIpc) is 3.62. The number of rotatable bonds is 6. The molecule has 6 rings (SSSR count). The lowest BCUT2D eigenvalue weighted by Gasteiger charge is -2.26. The number of nitrogens with zero attached hydrogens (tertiary/aromatic N) is 2. The molecule has 1 N–H and O–H groups in total. The van der Waals surface area contributed by atoms with Gasteiger partial charge in [0.2, 0.25) is 5.43 Å². The van der Waals surface area contributed by atoms with Crippen LogP contribution in [0.1, 0.15) is 18.9 Å². The van der Waals surface area contributed by atoms with Crippen LogP contribution in [0.5, 0.6) is 5.75 Å². The molecule has 0 atom stereocenters. The summed E-state index contributed by atoms with van der Waals surface area (Å²) in [6.45, 7) is 4.77. The predicted octanol–water partition coefficient (Wildman–Crippen LogP) is 3.76. The van der Waals surface area contributed by atoms with E-state index in [1.54, 1.807) is 6.07 Å². The lowest BCUT2D eigenvalue weighted by Crippen LogP contribution is -2.38. The quantitative estimate of drug-likeness (QED) is 0.454. The molecule has 9 heteroatoms. The molecule has 1 aliphatic heterocycles. The van der Waals surface area contributed by atoms with Gasteiger partial charge in [-0.25, -0.2) is 4.39 Å². The van der Waals surface area contributed by atoms with Crippen molar-refractivity contribution < 1.29 is 13.9 Å². The molecule has 34 heavy (non-hydrogen) atoms. The molecule has 2 fully saturated rings. The van der Waals surface area contributed by atoms with Gasteiger partial charge in [0.05, 0.1) is 18.7 Å². The number of pyridine rings is 1. The Morgan fingerprint density at radius 3 is 2.62 bits per heavy atom. The average molecular weight is 482 g/mol. The molecule has 176 valence electrons. The van der Waals surface area contributed by atoms with Gasteiger partial charge >= 0.3 is 0 Å². The van der Waals surface area contributed by atoms with Gasteiger partial charge in [-0.3, -0.25) is 18.9 Å². The lowest BCUT2D eigenvalue weighted by molar-refractivity contribution is 0.0322. The van der Waals surface area contributed by atoms with Crippen LogP contribution in [0.2, 0.25) is 0 Å². The SMILES string of the molecule is O=c1[nH]sc2c1c(=O)c1cc(F)c(-c3ccc(OCCN4CCOCC4)cc3)cc1n2C1CC1. The third kappa shape index (κ3) is 3.83. The van der Waals surface area contributed by atoms with Crippen LogP contribution < -0.4 is 15.7 Å². The molecule has 0 radical (unpaired) electrons. The van der Waals surface area contributed by atoms with E-state index in [0.717, 1.165) is 51.4 Å². The minimum Gasteiger partial charge on any atom is -0.492 e. The number of aromatic nitrogens is 2. The molecular formula is C25H24FN3O4S. The number of hydrogen-bond donors (Lipinski definition) is 1. The van der Waals surface area contributed by atoms with Crippen LogP contribution in [0.4, 0.5) is 4.39 Å². The summed E-state index contributed by atoms with van der Waals surface area (Å²) in [5, 5.41) is 0.364. The zero-order valence-electron chi connectivity index (χ0n) is 18.5. The minimum absolute atomic E-state index is 0.120. The molecule has 2 aliphatic rings. The summed E-state index contributed by atoms with van der Waals surface area (Å²) < 4.78 is 31.1. The van der Waals surface area contributed by atoms with Crippen molar-refractivity contribution in [2.45, 2.75) is 18.9 Å². The third-order valence-electron chi connectivity index (χ3n) is 6.57. The monoisotopic (exact) mass is 481 g/mol. The van der Waals surface area contributed by atoms with Gasteiger partial charge in [-0.1, -0.05) is 12.1 Å². The number of nitrogens with one attached hydrogen (secondary N) is 1. The molecule has 1 aliphatic carbocycles. The van der Waals surface area contributed by atoms with Gasteiger partial charge in [-0.05, 0) is 54.2 Å². The molecule has 2 aromatic carbocycles.